The predicted molar refractivity (Wildman–Crippen MR) is 64.6 cm³/mol. The molecule has 0 aromatic heterocycles. The van der Waals surface area contributed by atoms with Crippen LogP contribution in [0.3, 0.4) is 0 Å². The number of halogens is 1. The summed E-state index contributed by atoms with van der Waals surface area (Å²) in [5, 5.41) is 9.47. The van der Waals surface area contributed by atoms with Gasteiger partial charge in [0.2, 0.25) is 0 Å². The summed E-state index contributed by atoms with van der Waals surface area (Å²) in [6, 6.07) is 5.02. The van der Waals surface area contributed by atoms with E-state index in [1.165, 1.54) is 18.2 Å². The molecule has 0 aliphatic carbocycles. The first-order valence-corrected chi connectivity index (χ1v) is 5.52. The van der Waals surface area contributed by atoms with Gasteiger partial charge in [0.15, 0.2) is 0 Å². The average Bonchev–Trinajstić information content (AvgIpc) is 2.38. The van der Waals surface area contributed by atoms with Crippen molar-refractivity contribution in [3.63, 3.8) is 0 Å². The molecule has 104 valence electrons. The second-order valence-corrected chi connectivity index (χ2v) is 3.92. The molecule has 1 amide bonds. The fourth-order valence-corrected chi connectivity index (χ4v) is 1.64. The van der Waals surface area contributed by atoms with Crippen LogP contribution in [0.15, 0.2) is 24.3 Å². The van der Waals surface area contributed by atoms with E-state index < -0.39 is 30.3 Å². The molecule has 0 spiro atoms. The molecule has 19 heavy (non-hydrogen) atoms. The maximum atomic E-state index is 13.5. The summed E-state index contributed by atoms with van der Waals surface area (Å²) in [6.45, 7) is 0. The predicted octanol–water partition coefficient (Wildman–Crippen LogP) is 1.15. The molecular formula is C12H15FN2O4. The molecule has 0 fully saturated rings. The van der Waals surface area contributed by atoms with E-state index in [1.807, 2.05) is 0 Å². The Morgan fingerprint density at radius 1 is 1.47 bits per heavy atom. The normalized spacial score (nSPS) is 11.7. The number of rotatable bonds is 5. The van der Waals surface area contributed by atoms with Crippen molar-refractivity contribution in [2.45, 2.75) is 18.9 Å². The lowest BCUT2D eigenvalue weighted by Crippen LogP contribution is -2.47. The minimum atomic E-state index is -1.14. The molecule has 0 radical (unpaired) electrons. The lowest BCUT2D eigenvalue weighted by Gasteiger charge is -2.25. The van der Waals surface area contributed by atoms with E-state index in [4.69, 9.17) is 10.9 Å². The number of carbonyl (C=O) groups is 2. The number of ether oxygens (including phenoxy) is 1. The largest absolute Gasteiger partial charge is 0.481 e. The number of nitrogens with zero attached hydrogens (tertiary/aromatic N) is 1. The van der Waals surface area contributed by atoms with Crippen LogP contribution in [0.25, 0.3) is 0 Å². The Labute approximate surface area is 109 Å². The number of carboxylic acids is 1. The Morgan fingerprint density at radius 2 is 2.11 bits per heavy atom. The molecular weight excluding hydrogens is 255 g/mol. The molecule has 0 bridgehead atoms. The number of aliphatic carboxylic acids is 1. The van der Waals surface area contributed by atoms with Gasteiger partial charge in [-0.15, -0.1) is 0 Å². The minimum Gasteiger partial charge on any atom is -0.481 e. The number of hydrazine groups is 1. The van der Waals surface area contributed by atoms with E-state index >= 15 is 0 Å². The molecule has 0 saturated carbocycles. The van der Waals surface area contributed by atoms with E-state index in [1.54, 1.807) is 6.07 Å². The number of hydrogen-bond acceptors (Lipinski definition) is 4. The molecule has 1 aromatic carbocycles. The summed E-state index contributed by atoms with van der Waals surface area (Å²) in [5.74, 6) is 3.88. The highest BCUT2D eigenvalue weighted by molar-refractivity contribution is 5.71. The van der Waals surface area contributed by atoms with Crippen LogP contribution >= 0.6 is 0 Å². The fraction of sp³-hybridized carbons (Fsp3) is 0.333. The zero-order valence-electron chi connectivity index (χ0n) is 10.4. The number of carbonyl (C=O) groups excluding carboxylic acids is 1. The molecule has 0 aliphatic rings. The smallest absolute Gasteiger partial charge is 0.424 e. The van der Waals surface area contributed by atoms with Crippen LogP contribution in [0, 0.1) is 5.82 Å². The first-order chi connectivity index (χ1) is 8.95. The third-order valence-electron chi connectivity index (χ3n) is 2.60. The zero-order chi connectivity index (χ0) is 14.4. The first kappa shape index (κ1) is 14.9. The molecule has 0 unspecified atom stereocenters. The van der Waals surface area contributed by atoms with Crippen LogP contribution in [0.5, 0.6) is 0 Å². The van der Waals surface area contributed by atoms with E-state index in [2.05, 4.69) is 4.74 Å². The standard InChI is InChI=1S/C12H15FN2O4/c1-19-12(18)15(14)9(7-11(16)17)6-8-4-2-3-5-10(8)13/h2-5,9H,6-7,14H2,1H3,(H,16,17)/t9-/m1/s1. The molecule has 1 rings (SSSR count). The van der Waals surface area contributed by atoms with Crippen molar-refractivity contribution < 1.29 is 23.8 Å². The van der Waals surface area contributed by atoms with Crippen molar-refractivity contribution in [1.29, 1.82) is 0 Å². The van der Waals surface area contributed by atoms with Gasteiger partial charge >= 0.3 is 12.1 Å². The fourth-order valence-electron chi connectivity index (χ4n) is 1.64. The third-order valence-corrected chi connectivity index (χ3v) is 2.60. The van der Waals surface area contributed by atoms with Crippen molar-refractivity contribution >= 4 is 12.1 Å². The van der Waals surface area contributed by atoms with Crippen LogP contribution in [-0.4, -0.2) is 35.3 Å². The quantitative estimate of drug-likeness (QED) is 0.475. The number of amides is 1. The van der Waals surface area contributed by atoms with Gasteiger partial charge in [-0.3, -0.25) is 4.79 Å². The first-order valence-electron chi connectivity index (χ1n) is 5.52. The second-order valence-electron chi connectivity index (χ2n) is 3.92. The number of benzene rings is 1. The highest BCUT2D eigenvalue weighted by atomic mass is 19.1. The van der Waals surface area contributed by atoms with E-state index in [-0.39, 0.29) is 12.0 Å². The lowest BCUT2D eigenvalue weighted by molar-refractivity contribution is -0.138. The zero-order valence-corrected chi connectivity index (χ0v) is 10.4. The van der Waals surface area contributed by atoms with Crippen LogP contribution in [0.4, 0.5) is 9.18 Å². The number of hydrogen-bond donors (Lipinski definition) is 2. The number of nitrogens with two attached hydrogens (primary N) is 1. The van der Waals surface area contributed by atoms with Crippen LogP contribution in [-0.2, 0) is 16.0 Å². The maximum Gasteiger partial charge on any atom is 0.424 e. The van der Waals surface area contributed by atoms with Gasteiger partial charge in [0.05, 0.1) is 19.6 Å². The topological polar surface area (TPSA) is 92.9 Å². The summed E-state index contributed by atoms with van der Waals surface area (Å²) >= 11 is 0. The highest BCUT2D eigenvalue weighted by Gasteiger charge is 2.25. The van der Waals surface area contributed by atoms with Crippen molar-refractivity contribution in [1.82, 2.24) is 5.01 Å². The number of methoxy groups -OCH3 is 1. The van der Waals surface area contributed by atoms with Crippen molar-refractivity contribution in [3.8, 4) is 0 Å². The van der Waals surface area contributed by atoms with Crippen molar-refractivity contribution in [2.24, 2.45) is 5.84 Å². The molecule has 7 heteroatoms. The molecule has 0 aliphatic heterocycles. The van der Waals surface area contributed by atoms with Gasteiger partial charge in [-0.2, -0.15) is 0 Å². The van der Waals surface area contributed by atoms with Gasteiger partial charge in [-0.05, 0) is 18.1 Å². The number of carboxylic acid groups (broad SMARTS) is 1. The highest BCUT2D eigenvalue weighted by Crippen LogP contribution is 2.14. The van der Waals surface area contributed by atoms with Crippen molar-refractivity contribution in [2.75, 3.05) is 7.11 Å². The Balaban J connectivity index is 2.89. The molecule has 1 aromatic rings. The lowest BCUT2D eigenvalue weighted by atomic mass is 10.0. The summed E-state index contributed by atoms with van der Waals surface area (Å²) in [7, 11) is 1.13. The van der Waals surface area contributed by atoms with E-state index in [0.717, 1.165) is 7.11 Å². The molecule has 0 saturated heterocycles. The van der Waals surface area contributed by atoms with Gasteiger partial charge in [0.1, 0.15) is 5.82 Å². The second kappa shape index (κ2) is 6.69. The Hall–Kier alpha value is -2.15. The summed E-state index contributed by atoms with van der Waals surface area (Å²) in [4.78, 5) is 22.1. The molecule has 1 atom stereocenters. The molecule has 3 N–H and O–H groups in total. The Morgan fingerprint density at radius 3 is 2.63 bits per heavy atom. The van der Waals surface area contributed by atoms with Crippen LogP contribution < -0.4 is 5.84 Å². The summed E-state index contributed by atoms with van der Waals surface area (Å²) in [5.41, 5.74) is 0.285. The van der Waals surface area contributed by atoms with Crippen LogP contribution in [0.2, 0.25) is 0 Å². The van der Waals surface area contributed by atoms with Crippen molar-refractivity contribution in [3.05, 3.63) is 35.6 Å². The van der Waals surface area contributed by atoms with Gasteiger partial charge < -0.3 is 9.84 Å². The molecule has 6 nitrogen and oxygen atoms in total. The Kier molecular flexibility index (Phi) is 5.25. The van der Waals surface area contributed by atoms with Gasteiger partial charge in [0.25, 0.3) is 0 Å². The SMILES string of the molecule is COC(=O)N(N)[C@@H](CC(=O)O)Cc1ccccc1F. The maximum absolute atomic E-state index is 13.5. The molecule has 0 heterocycles. The average molecular weight is 270 g/mol. The van der Waals surface area contributed by atoms with Gasteiger partial charge in [-0.1, -0.05) is 18.2 Å². The monoisotopic (exact) mass is 270 g/mol. The van der Waals surface area contributed by atoms with Gasteiger partial charge in [0, 0.05) is 0 Å². The van der Waals surface area contributed by atoms with E-state index in [9.17, 15) is 14.0 Å². The minimum absolute atomic E-state index is 0.00935. The van der Waals surface area contributed by atoms with Gasteiger partial charge in [-0.25, -0.2) is 20.0 Å². The summed E-state index contributed by atoms with van der Waals surface area (Å²) < 4.78 is 17.9. The third kappa shape index (κ3) is 4.22. The summed E-state index contributed by atoms with van der Waals surface area (Å²) in [6.07, 6.45) is -1.28. The Bertz CT molecular complexity index is 467. The van der Waals surface area contributed by atoms with E-state index in [0.29, 0.717) is 5.01 Å². The van der Waals surface area contributed by atoms with Crippen LogP contribution in [0.1, 0.15) is 12.0 Å².